The second kappa shape index (κ2) is 9.17. The average molecular weight is 398 g/mol. The summed E-state index contributed by atoms with van der Waals surface area (Å²) in [5.41, 5.74) is 7.80. The molecule has 1 heterocycles. The molecule has 5 nitrogen and oxygen atoms in total. The Balaban J connectivity index is 0.00000220. The van der Waals surface area contributed by atoms with Gasteiger partial charge in [-0.05, 0) is 29.8 Å². The summed E-state index contributed by atoms with van der Waals surface area (Å²) < 4.78 is 0. The molecule has 0 spiro atoms. The number of hydrogen-bond acceptors (Lipinski definition) is 3. The van der Waals surface area contributed by atoms with Crippen molar-refractivity contribution in [2.75, 3.05) is 6.54 Å². The van der Waals surface area contributed by atoms with Gasteiger partial charge in [-0.2, -0.15) is 0 Å². The number of aliphatic imine (C=N–C) groups is 1. The Morgan fingerprint density at radius 2 is 1.95 bits per heavy atom. The van der Waals surface area contributed by atoms with Crippen molar-refractivity contribution < 1.29 is 5.11 Å². The first kappa shape index (κ1) is 17.2. The van der Waals surface area contributed by atoms with E-state index in [0.29, 0.717) is 19.0 Å². The topological polar surface area (TPSA) is 83.5 Å². The highest BCUT2D eigenvalue weighted by Crippen LogP contribution is 2.10. The predicted octanol–water partition coefficient (Wildman–Crippen LogP) is 2.05. The second-order valence-corrected chi connectivity index (χ2v) is 4.37. The Morgan fingerprint density at radius 3 is 2.62 bits per heavy atom. The van der Waals surface area contributed by atoms with Gasteiger partial charge in [-0.1, -0.05) is 18.2 Å². The van der Waals surface area contributed by atoms with Gasteiger partial charge in [0.1, 0.15) is 5.75 Å². The van der Waals surface area contributed by atoms with Crippen LogP contribution in [0.1, 0.15) is 11.3 Å². The van der Waals surface area contributed by atoms with Crippen LogP contribution in [0, 0.1) is 0 Å². The van der Waals surface area contributed by atoms with Crippen LogP contribution in [-0.4, -0.2) is 22.6 Å². The van der Waals surface area contributed by atoms with Crippen molar-refractivity contribution in [2.24, 2.45) is 10.7 Å². The number of nitrogens with one attached hydrogen (secondary N) is 1. The smallest absolute Gasteiger partial charge is 0.188 e. The van der Waals surface area contributed by atoms with Crippen LogP contribution in [0.25, 0.3) is 0 Å². The van der Waals surface area contributed by atoms with Crippen molar-refractivity contribution in [3.63, 3.8) is 0 Å². The summed E-state index contributed by atoms with van der Waals surface area (Å²) >= 11 is 0. The van der Waals surface area contributed by atoms with E-state index >= 15 is 0 Å². The van der Waals surface area contributed by atoms with E-state index in [9.17, 15) is 5.11 Å². The van der Waals surface area contributed by atoms with Gasteiger partial charge < -0.3 is 16.2 Å². The number of hydrogen-bond donors (Lipinski definition) is 3. The minimum Gasteiger partial charge on any atom is -0.508 e. The number of aromatic nitrogens is 1. The predicted molar refractivity (Wildman–Crippen MR) is 94.8 cm³/mol. The Bertz CT molecular complexity index is 558. The number of halogens is 1. The van der Waals surface area contributed by atoms with Crippen LogP contribution in [0.3, 0.4) is 0 Å². The zero-order valence-electron chi connectivity index (χ0n) is 11.6. The second-order valence-electron chi connectivity index (χ2n) is 4.37. The summed E-state index contributed by atoms with van der Waals surface area (Å²) in [5.74, 6) is 0.660. The van der Waals surface area contributed by atoms with Gasteiger partial charge in [0.05, 0.1) is 6.54 Å². The van der Waals surface area contributed by atoms with Crippen LogP contribution in [0.2, 0.25) is 0 Å². The van der Waals surface area contributed by atoms with Crippen molar-refractivity contribution >= 4 is 29.9 Å². The molecule has 0 fully saturated rings. The highest BCUT2D eigenvalue weighted by atomic mass is 127. The Hall–Kier alpha value is -1.83. The van der Waals surface area contributed by atoms with E-state index < -0.39 is 0 Å². The fourth-order valence-electron chi connectivity index (χ4n) is 1.70. The number of guanidine groups is 1. The van der Waals surface area contributed by atoms with Gasteiger partial charge in [0.25, 0.3) is 0 Å². The molecule has 0 bridgehead atoms. The summed E-state index contributed by atoms with van der Waals surface area (Å²) in [4.78, 5) is 8.47. The number of nitrogens with zero attached hydrogens (tertiary/aromatic N) is 2. The average Bonchev–Trinajstić information content (AvgIpc) is 2.48. The molecule has 6 heteroatoms. The lowest BCUT2D eigenvalue weighted by Crippen LogP contribution is -2.33. The van der Waals surface area contributed by atoms with E-state index in [0.717, 1.165) is 17.7 Å². The molecule has 0 radical (unpaired) electrons. The zero-order chi connectivity index (χ0) is 14.2. The van der Waals surface area contributed by atoms with Crippen LogP contribution < -0.4 is 11.1 Å². The normalized spacial score (nSPS) is 10.8. The summed E-state index contributed by atoms with van der Waals surface area (Å²) in [6.45, 7) is 1.19. The molecular formula is C15H19IN4O. The van der Waals surface area contributed by atoms with Gasteiger partial charge in [0.2, 0.25) is 0 Å². The molecule has 0 saturated heterocycles. The fraction of sp³-hybridized carbons (Fsp3) is 0.200. The van der Waals surface area contributed by atoms with Crippen molar-refractivity contribution in [2.45, 2.75) is 13.0 Å². The zero-order valence-corrected chi connectivity index (χ0v) is 13.9. The molecule has 0 atom stereocenters. The van der Waals surface area contributed by atoms with Crippen LogP contribution >= 0.6 is 24.0 Å². The molecule has 0 aliphatic carbocycles. The fourth-order valence-corrected chi connectivity index (χ4v) is 1.70. The number of benzene rings is 1. The minimum absolute atomic E-state index is 0. The molecule has 2 aromatic rings. The van der Waals surface area contributed by atoms with Crippen LogP contribution in [0.15, 0.2) is 53.7 Å². The number of rotatable bonds is 5. The molecule has 1 aromatic heterocycles. The van der Waals surface area contributed by atoms with Crippen molar-refractivity contribution in [3.8, 4) is 5.75 Å². The molecule has 21 heavy (non-hydrogen) atoms. The quantitative estimate of drug-likeness (QED) is 0.409. The third-order valence-electron chi connectivity index (χ3n) is 2.78. The monoisotopic (exact) mass is 398 g/mol. The van der Waals surface area contributed by atoms with E-state index in [1.54, 1.807) is 18.3 Å². The first-order chi connectivity index (χ1) is 9.74. The Kier molecular flexibility index (Phi) is 7.52. The third kappa shape index (κ3) is 6.44. The van der Waals surface area contributed by atoms with E-state index in [2.05, 4.69) is 15.3 Å². The molecule has 2 rings (SSSR count). The van der Waals surface area contributed by atoms with E-state index in [4.69, 9.17) is 5.73 Å². The number of aromatic hydroxyl groups is 1. The SMILES string of the molecule is I.NC(=NCc1ccc(O)cc1)NCCc1ccccn1. The summed E-state index contributed by atoms with van der Waals surface area (Å²) in [6.07, 6.45) is 2.58. The van der Waals surface area contributed by atoms with Gasteiger partial charge >= 0.3 is 0 Å². The number of nitrogens with two attached hydrogens (primary N) is 1. The first-order valence-corrected chi connectivity index (χ1v) is 6.45. The maximum Gasteiger partial charge on any atom is 0.188 e. The highest BCUT2D eigenvalue weighted by molar-refractivity contribution is 14.0. The number of phenols is 1. The van der Waals surface area contributed by atoms with Gasteiger partial charge in [0.15, 0.2) is 5.96 Å². The molecule has 0 saturated carbocycles. The summed E-state index contributed by atoms with van der Waals surface area (Å²) in [7, 11) is 0. The van der Waals surface area contributed by atoms with Gasteiger partial charge in [-0.3, -0.25) is 4.98 Å². The standard InChI is InChI=1S/C15H18N4O.HI/c16-15(18-10-8-13-3-1-2-9-17-13)19-11-12-4-6-14(20)7-5-12;/h1-7,9,20H,8,10-11H2,(H3,16,18,19);1H. The van der Waals surface area contributed by atoms with Crippen LogP contribution in [0.4, 0.5) is 0 Å². The molecule has 0 aliphatic rings. The number of pyridine rings is 1. The maximum atomic E-state index is 9.18. The third-order valence-corrected chi connectivity index (χ3v) is 2.78. The molecule has 0 aliphatic heterocycles. The van der Waals surface area contributed by atoms with Crippen LogP contribution in [0.5, 0.6) is 5.75 Å². The van der Waals surface area contributed by atoms with E-state index in [1.807, 2.05) is 30.3 Å². The van der Waals surface area contributed by atoms with Gasteiger partial charge in [-0.25, -0.2) is 4.99 Å². The van der Waals surface area contributed by atoms with Crippen LogP contribution in [-0.2, 0) is 13.0 Å². The van der Waals surface area contributed by atoms with E-state index in [-0.39, 0.29) is 29.7 Å². The van der Waals surface area contributed by atoms with E-state index in [1.165, 1.54) is 0 Å². The van der Waals surface area contributed by atoms with Gasteiger partial charge in [0, 0.05) is 24.9 Å². The largest absolute Gasteiger partial charge is 0.508 e. The summed E-state index contributed by atoms with van der Waals surface area (Å²) in [5, 5.41) is 12.2. The van der Waals surface area contributed by atoms with Crippen molar-refractivity contribution in [3.05, 3.63) is 59.9 Å². The van der Waals surface area contributed by atoms with Crippen molar-refractivity contribution in [1.29, 1.82) is 0 Å². The lowest BCUT2D eigenvalue weighted by molar-refractivity contribution is 0.475. The Labute approximate surface area is 141 Å². The lowest BCUT2D eigenvalue weighted by atomic mass is 10.2. The maximum absolute atomic E-state index is 9.18. The minimum atomic E-state index is 0. The number of phenolic OH excluding ortho intramolecular Hbond substituents is 1. The molecule has 112 valence electrons. The molecule has 1 aromatic carbocycles. The molecule has 0 amide bonds. The van der Waals surface area contributed by atoms with Gasteiger partial charge in [-0.15, -0.1) is 24.0 Å². The lowest BCUT2D eigenvalue weighted by Gasteiger charge is -2.05. The first-order valence-electron chi connectivity index (χ1n) is 6.45. The summed E-state index contributed by atoms with van der Waals surface area (Å²) in [6, 6.07) is 12.7. The molecule has 4 N–H and O–H groups in total. The molecular weight excluding hydrogens is 379 g/mol. The molecule has 0 unspecified atom stereocenters. The van der Waals surface area contributed by atoms with Crippen molar-refractivity contribution in [1.82, 2.24) is 10.3 Å². The Morgan fingerprint density at radius 1 is 1.19 bits per heavy atom. The highest BCUT2D eigenvalue weighted by Gasteiger charge is 1.96.